The summed E-state index contributed by atoms with van der Waals surface area (Å²) in [6.45, 7) is 0.656. The van der Waals surface area contributed by atoms with Gasteiger partial charge in [0.1, 0.15) is 5.76 Å². The number of nitrogens with zero attached hydrogens (tertiary/aromatic N) is 1. The van der Waals surface area contributed by atoms with Crippen LogP contribution in [-0.2, 0) is 45.3 Å². The molecule has 4 aliphatic rings. The van der Waals surface area contributed by atoms with E-state index >= 15 is 0 Å². The summed E-state index contributed by atoms with van der Waals surface area (Å²) in [6, 6.07) is 3.54. The molecule has 15 nitrogen and oxygen atoms in total. The number of rotatable bonds is 9. The number of piperidine rings is 1. The first-order chi connectivity index (χ1) is 21.4. The van der Waals surface area contributed by atoms with Crippen molar-refractivity contribution in [3.05, 3.63) is 35.1 Å². The number of carbonyl (C=O) groups excluding carboxylic acids is 2. The summed E-state index contributed by atoms with van der Waals surface area (Å²) in [4.78, 5) is 58.2. The van der Waals surface area contributed by atoms with E-state index in [2.05, 4.69) is 4.90 Å². The molecule has 0 aromatic heterocycles. The van der Waals surface area contributed by atoms with E-state index in [1.807, 2.05) is 13.1 Å². The number of hydrogen-bond donors (Lipinski definition) is 5. The Morgan fingerprint density at radius 3 is 2.30 bits per heavy atom. The average molecular weight is 662 g/mol. The highest BCUT2D eigenvalue weighted by molar-refractivity contribution is 5.85. The molecule has 0 amide bonds. The van der Waals surface area contributed by atoms with Gasteiger partial charge in [-0.25, -0.2) is 14.4 Å². The Balaban J connectivity index is 0.000000617. The second-order valence-electron chi connectivity index (χ2n) is 11.1. The standard InChI is InChI=1S/C26H29NO12.C2HF3O2/c1-27-8-7-25-20-12-3-4-14(36-2)21(20)39-22(25)15(5-6-26(25,35)17(27)9-12)37-19(30)11-16(24(33)34)38-18(29)10-13(28)23(31)32;3-2(4,5)1(6)7/h3-5,13,16-17,22,28,35H,6-11H2,1-2H3,(H,31,32)(H,33,34);(H,6,7)/t13-,16-,17+,22-,25-,26+;/m0./s1. The third-order valence-electron chi connectivity index (χ3n) is 8.58. The van der Waals surface area contributed by atoms with E-state index in [4.69, 9.17) is 34.0 Å². The van der Waals surface area contributed by atoms with E-state index in [9.17, 15) is 47.7 Å². The maximum absolute atomic E-state index is 12.9. The van der Waals surface area contributed by atoms with Crippen LogP contribution in [-0.4, -0.2) is 117 Å². The van der Waals surface area contributed by atoms with Crippen LogP contribution in [0, 0.1) is 0 Å². The van der Waals surface area contributed by atoms with Crippen molar-refractivity contribution in [2.24, 2.45) is 0 Å². The molecular formula is C28H30F3NO14. The zero-order valence-corrected chi connectivity index (χ0v) is 24.3. The molecule has 2 aliphatic carbocycles. The Kier molecular flexibility index (Phi) is 9.29. The summed E-state index contributed by atoms with van der Waals surface area (Å²) in [6.07, 6.45) is -9.06. The van der Waals surface area contributed by atoms with Gasteiger partial charge in [0.15, 0.2) is 23.7 Å². The topological polar surface area (TPSA) is 227 Å². The fraction of sp³-hybridized carbons (Fsp3) is 0.536. The first-order valence-electron chi connectivity index (χ1n) is 13.7. The third-order valence-corrected chi connectivity index (χ3v) is 8.58. The molecule has 5 N–H and O–H groups in total. The van der Waals surface area contributed by atoms with Gasteiger partial charge in [-0.05, 0) is 44.1 Å². The summed E-state index contributed by atoms with van der Waals surface area (Å²) in [5.74, 6) is -7.38. The van der Waals surface area contributed by atoms with Crippen LogP contribution in [0.1, 0.15) is 36.8 Å². The van der Waals surface area contributed by atoms with Crippen LogP contribution in [0.25, 0.3) is 0 Å². The number of carboxylic acids is 3. The van der Waals surface area contributed by atoms with Gasteiger partial charge in [0, 0.05) is 18.0 Å². The smallest absolute Gasteiger partial charge is 0.490 e. The van der Waals surface area contributed by atoms with Crippen molar-refractivity contribution in [1.82, 2.24) is 4.90 Å². The minimum absolute atomic E-state index is 0.107. The number of alkyl halides is 3. The molecule has 46 heavy (non-hydrogen) atoms. The van der Waals surface area contributed by atoms with Crippen molar-refractivity contribution in [3.63, 3.8) is 0 Å². The average Bonchev–Trinajstić information content (AvgIpc) is 3.31. The van der Waals surface area contributed by atoms with Crippen molar-refractivity contribution in [2.45, 2.75) is 73.7 Å². The van der Waals surface area contributed by atoms with Gasteiger partial charge in [0.25, 0.3) is 0 Å². The summed E-state index contributed by atoms with van der Waals surface area (Å²) in [5, 5.41) is 46.8. The summed E-state index contributed by atoms with van der Waals surface area (Å²) in [5.41, 5.74) is -0.328. The lowest BCUT2D eigenvalue weighted by Crippen LogP contribution is -2.74. The Hall–Kier alpha value is -4.42. The summed E-state index contributed by atoms with van der Waals surface area (Å²) >= 11 is 0. The molecule has 1 spiro atoms. The second-order valence-corrected chi connectivity index (χ2v) is 11.1. The number of aliphatic hydroxyl groups excluding tert-OH is 1. The molecule has 0 unspecified atom stereocenters. The van der Waals surface area contributed by atoms with Crippen LogP contribution < -0.4 is 9.47 Å². The summed E-state index contributed by atoms with van der Waals surface area (Å²) < 4.78 is 53.9. The lowest BCUT2D eigenvalue weighted by atomic mass is 9.50. The maximum atomic E-state index is 12.9. The van der Waals surface area contributed by atoms with Gasteiger partial charge >= 0.3 is 36.0 Å². The van der Waals surface area contributed by atoms with Gasteiger partial charge < -0.3 is 49.4 Å². The SMILES string of the molecule is COc1ccc2c3c1O[C@H]1C(OC(=O)C[C@H](OC(=O)C[C@H](O)C(=O)O)C(=O)O)=CC[C@@]4(O)[C@@H](C2)N(C)CC[C@]314.O=C(O)C(F)(F)F. The molecule has 1 saturated heterocycles. The lowest BCUT2D eigenvalue weighted by Gasteiger charge is -2.61. The van der Waals surface area contributed by atoms with Crippen molar-refractivity contribution >= 4 is 29.8 Å². The van der Waals surface area contributed by atoms with Crippen LogP contribution in [0.3, 0.4) is 0 Å². The van der Waals surface area contributed by atoms with Crippen LogP contribution in [0.4, 0.5) is 13.2 Å². The minimum Gasteiger partial charge on any atom is -0.493 e. The second kappa shape index (κ2) is 12.4. The molecule has 5 rings (SSSR count). The Morgan fingerprint density at radius 1 is 1.09 bits per heavy atom. The highest BCUT2D eigenvalue weighted by atomic mass is 19.4. The summed E-state index contributed by atoms with van der Waals surface area (Å²) in [7, 11) is 3.46. The molecule has 2 heterocycles. The molecule has 6 atom stereocenters. The highest BCUT2D eigenvalue weighted by Crippen LogP contribution is 2.65. The number of aliphatic carboxylic acids is 3. The van der Waals surface area contributed by atoms with E-state index < -0.39 is 78.2 Å². The molecule has 252 valence electrons. The number of carboxylic acid groups (broad SMARTS) is 3. The zero-order valence-electron chi connectivity index (χ0n) is 24.3. The van der Waals surface area contributed by atoms with Crippen molar-refractivity contribution in [2.75, 3.05) is 20.7 Å². The fourth-order valence-electron chi connectivity index (χ4n) is 6.54. The molecule has 18 heteroatoms. The number of esters is 2. The number of hydrogen-bond acceptors (Lipinski definition) is 12. The molecule has 1 aromatic carbocycles. The van der Waals surface area contributed by atoms with E-state index in [0.717, 1.165) is 11.1 Å². The quantitative estimate of drug-likeness (QED) is 0.225. The Morgan fingerprint density at radius 2 is 1.74 bits per heavy atom. The van der Waals surface area contributed by atoms with Gasteiger partial charge in [0.05, 0.1) is 31.0 Å². The van der Waals surface area contributed by atoms with Gasteiger partial charge in [-0.1, -0.05) is 6.07 Å². The predicted octanol–water partition coefficient (Wildman–Crippen LogP) is 0.372. The Labute approximate surface area is 257 Å². The van der Waals surface area contributed by atoms with E-state index in [1.54, 1.807) is 12.1 Å². The molecule has 2 aliphatic heterocycles. The van der Waals surface area contributed by atoms with Crippen molar-refractivity contribution in [3.8, 4) is 11.5 Å². The molecule has 2 bridgehead atoms. The van der Waals surface area contributed by atoms with Crippen molar-refractivity contribution < 1.29 is 81.6 Å². The number of ether oxygens (including phenoxy) is 4. The normalized spacial score (nSPS) is 26.9. The number of aliphatic hydroxyl groups is 2. The molecule has 0 saturated carbocycles. The fourth-order valence-corrected chi connectivity index (χ4v) is 6.54. The maximum Gasteiger partial charge on any atom is 0.490 e. The number of halogens is 3. The van der Waals surface area contributed by atoms with Gasteiger partial charge in [-0.3, -0.25) is 9.59 Å². The highest BCUT2D eigenvalue weighted by Gasteiger charge is 2.72. The number of likely N-dealkylation sites (N-methyl/N-ethyl adjacent to an activating group) is 1. The first-order valence-corrected chi connectivity index (χ1v) is 13.7. The third kappa shape index (κ3) is 5.94. The monoisotopic (exact) mass is 661 g/mol. The zero-order chi connectivity index (χ0) is 34.4. The predicted molar refractivity (Wildman–Crippen MR) is 142 cm³/mol. The van der Waals surface area contributed by atoms with E-state index in [0.29, 0.717) is 30.9 Å². The lowest BCUT2D eigenvalue weighted by molar-refractivity contribution is -0.192. The van der Waals surface area contributed by atoms with Gasteiger partial charge in [-0.2, -0.15) is 13.2 Å². The molecule has 1 fully saturated rings. The number of likely N-dealkylation sites (tertiary alicyclic amines) is 1. The molecular weight excluding hydrogens is 631 g/mol. The first kappa shape index (κ1) is 34.5. The Bertz CT molecular complexity index is 1480. The number of carbonyl (C=O) groups is 5. The largest absolute Gasteiger partial charge is 0.493 e. The van der Waals surface area contributed by atoms with Crippen LogP contribution in [0.2, 0.25) is 0 Å². The number of methoxy groups -OCH3 is 1. The van der Waals surface area contributed by atoms with E-state index in [1.165, 1.54) is 7.11 Å². The van der Waals surface area contributed by atoms with E-state index in [-0.39, 0.29) is 18.2 Å². The number of benzene rings is 1. The van der Waals surface area contributed by atoms with Crippen LogP contribution in [0.15, 0.2) is 24.0 Å². The van der Waals surface area contributed by atoms with Crippen LogP contribution in [0.5, 0.6) is 11.5 Å². The van der Waals surface area contributed by atoms with Gasteiger partial charge in [-0.15, -0.1) is 0 Å². The van der Waals surface area contributed by atoms with Crippen LogP contribution >= 0.6 is 0 Å². The van der Waals surface area contributed by atoms with Crippen molar-refractivity contribution in [1.29, 1.82) is 0 Å². The van der Waals surface area contributed by atoms with Gasteiger partial charge in [0.2, 0.25) is 6.10 Å². The molecule has 0 radical (unpaired) electrons. The molecule has 1 aromatic rings. The minimum atomic E-state index is -5.08.